The summed E-state index contributed by atoms with van der Waals surface area (Å²) in [5.41, 5.74) is 8.55. The predicted molar refractivity (Wildman–Crippen MR) is 117 cm³/mol. The zero-order valence-corrected chi connectivity index (χ0v) is 18.3. The zero-order valence-electron chi connectivity index (χ0n) is 16.0. The third-order valence-electron chi connectivity index (χ3n) is 4.27. The topological polar surface area (TPSA) is 64.1 Å². The summed E-state index contributed by atoms with van der Waals surface area (Å²) in [6.45, 7) is 6.50. The Bertz CT molecular complexity index is 948. The Morgan fingerprint density at radius 1 is 1.07 bits per heavy atom. The van der Waals surface area contributed by atoms with Gasteiger partial charge in [0.05, 0.1) is 5.69 Å². The monoisotopic (exact) mass is 435 g/mol. The van der Waals surface area contributed by atoms with Crippen LogP contribution in [0.25, 0.3) is 0 Å². The van der Waals surface area contributed by atoms with Crippen LogP contribution in [0.3, 0.4) is 0 Å². The molecule has 1 heterocycles. The van der Waals surface area contributed by atoms with Crippen molar-refractivity contribution in [3.8, 4) is 0 Å². The Kier molecular flexibility index (Phi) is 6.61. The second kappa shape index (κ2) is 8.78. The summed E-state index contributed by atoms with van der Waals surface area (Å²) in [5, 5.41) is 12.5. The quantitative estimate of drug-likeness (QED) is 0.455. The summed E-state index contributed by atoms with van der Waals surface area (Å²) in [6.07, 6.45) is -0.691. The number of rotatable bonds is 6. The van der Waals surface area contributed by atoms with Crippen molar-refractivity contribution in [2.24, 2.45) is 0 Å². The van der Waals surface area contributed by atoms with Crippen LogP contribution in [0, 0.1) is 0 Å². The Labute approximate surface area is 179 Å². The third kappa shape index (κ3) is 4.84. The number of nitrogens with two attached hydrogens (primary N) is 1. The Morgan fingerprint density at radius 2 is 1.68 bits per heavy atom. The fourth-order valence-electron chi connectivity index (χ4n) is 2.93. The maximum absolute atomic E-state index is 10.3. The van der Waals surface area contributed by atoms with Crippen molar-refractivity contribution in [2.45, 2.75) is 49.3 Å². The zero-order chi connectivity index (χ0) is 20.4. The molecule has 0 saturated heterocycles. The van der Waals surface area contributed by atoms with E-state index < -0.39 is 6.10 Å². The summed E-state index contributed by atoms with van der Waals surface area (Å²) in [4.78, 5) is 5.69. The van der Waals surface area contributed by atoms with Crippen LogP contribution in [-0.4, -0.2) is 14.7 Å². The van der Waals surface area contributed by atoms with Crippen LogP contribution in [0.15, 0.2) is 52.4 Å². The van der Waals surface area contributed by atoms with E-state index in [-0.39, 0.29) is 5.92 Å². The average Bonchev–Trinajstić information content (AvgIpc) is 2.95. The molecule has 3 rings (SSSR count). The van der Waals surface area contributed by atoms with E-state index >= 15 is 0 Å². The largest absolute Gasteiger partial charge is 0.399 e. The molecule has 2 aromatic carbocycles. The predicted octanol–water partition coefficient (Wildman–Crippen LogP) is 6.15. The van der Waals surface area contributed by atoms with Gasteiger partial charge in [-0.25, -0.2) is 4.98 Å². The molecule has 0 bridgehead atoms. The van der Waals surface area contributed by atoms with Crippen LogP contribution in [0.1, 0.15) is 49.9 Å². The van der Waals surface area contributed by atoms with Crippen LogP contribution < -0.4 is 5.73 Å². The van der Waals surface area contributed by atoms with Gasteiger partial charge in [-0.3, -0.25) is 0 Å². The van der Waals surface area contributed by atoms with E-state index in [1.165, 1.54) is 0 Å². The third-order valence-corrected chi connectivity index (χ3v) is 5.80. The average molecular weight is 436 g/mol. The number of nitrogens with zero attached hydrogens (tertiary/aromatic N) is 2. The lowest BCUT2D eigenvalue weighted by Gasteiger charge is -2.15. The maximum atomic E-state index is 10.3. The molecule has 0 amide bonds. The highest BCUT2D eigenvalue weighted by Gasteiger charge is 2.23. The fraction of sp³-hybridized carbons (Fsp3) is 0.286. The molecule has 0 aliphatic heterocycles. The van der Waals surface area contributed by atoms with Crippen molar-refractivity contribution in [3.05, 3.63) is 69.6 Å². The van der Waals surface area contributed by atoms with Crippen LogP contribution >= 0.6 is 35.0 Å². The maximum Gasteiger partial charge on any atom is 0.138 e. The summed E-state index contributed by atoms with van der Waals surface area (Å²) >= 11 is 13.9. The first-order valence-corrected chi connectivity index (χ1v) is 10.6. The molecule has 4 nitrogen and oxygen atoms in total. The van der Waals surface area contributed by atoms with Crippen molar-refractivity contribution in [1.29, 1.82) is 0 Å². The fourth-order valence-corrected chi connectivity index (χ4v) is 4.84. The minimum Gasteiger partial charge on any atom is -0.399 e. The molecule has 0 aliphatic rings. The van der Waals surface area contributed by atoms with Gasteiger partial charge in [0.15, 0.2) is 0 Å². The number of hydrogen-bond acceptors (Lipinski definition) is 4. The molecule has 0 spiro atoms. The number of nitrogen functional groups attached to an aromatic ring is 1. The van der Waals surface area contributed by atoms with E-state index in [9.17, 15) is 5.11 Å². The van der Waals surface area contributed by atoms with Crippen LogP contribution in [0.2, 0.25) is 10.0 Å². The molecule has 148 valence electrons. The molecule has 3 N–H and O–H groups in total. The molecule has 0 fully saturated rings. The minimum atomic E-state index is -0.691. The van der Waals surface area contributed by atoms with E-state index in [0.29, 0.717) is 22.4 Å². The van der Waals surface area contributed by atoms with Crippen molar-refractivity contribution in [1.82, 2.24) is 9.55 Å². The number of hydrogen-bond donors (Lipinski definition) is 2. The van der Waals surface area contributed by atoms with Gasteiger partial charge in [-0.15, -0.1) is 0 Å². The number of halogens is 2. The van der Waals surface area contributed by atoms with Gasteiger partial charge in [-0.1, -0.05) is 60.9 Å². The SMILES string of the molecule is CC(C)c1nc(C(C)O)n(Cc2ccc(N)cc2)c1Sc1cc(Cl)cc(Cl)c1. The molecule has 28 heavy (non-hydrogen) atoms. The summed E-state index contributed by atoms with van der Waals surface area (Å²) in [5.74, 6) is 0.832. The number of aromatic nitrogens is 2. The Morgan fingerprint density at radius 3 is 2.21 bits per heavy atom. The van der Waals surface area contributed by atoms with E-state index in [2.05, 4.69) is 18.4 Å². The molecule has 1 aromatic heterocycles. The Hall–Kier alpha value is -1.66. The van der Waals surface area contributed by atoms with Gasteiger partial charge in [-0.05, 0) is 48.7 Å². The summed E-state index contributed by atoms with van der Waals surface area (Å²) < 4.78 is 2.06. The van der Waals surface area contributed by atoms with Gasteiger partial charge in [0.1, 0.15) is 17.0 Å². The Balaban J connectivity index is 2.10. The van der Waals surface area contributed by atoms with Crippen LogP contribution in [0.5, 0.6) is 0 Å². The lowest BCUT2D eigenvalue weighted by atomic mass is 10.1. The first-order valence-electron chi connectivity index (χ1n) is 9.01. The molecule has 7 heteroatoms. The number of aliphatic hydroxyl groups is 1. The molecule has 3 aromatic rings. The van der Waals surface area contributed by atoms with E-state index in [4.69, 9.17) is 33.9 Å². The lowest BCUT2D eigenvalue weighted by Crippen LogP contribution is -2.09. The van der Waals surface area contributed by atoms with Crippen LogP contribution in [-0.2, 0) is 6.54 Å². The van der Waals surface area contributed by atoms with Crippen molar-refractivity contribution in [2.75, 3.05) is 5.73 Å². The normalized spacial score (nSPS) is 12.5. The standard InChI is InChI=1S/C21H23Cl2N3OS/c1-12(2)19-21(28-18-9-15(22)8-16(23)10-18)26(20(25-19)13(3)27)11-14-4-6-17(24)7-5-14/h4-10,12-13,27H,11,24H2,1-3H3. The van der Waals surface area contributed by atoms with Gasteiger partial charge in [0, 0.05) is 27.2 Å². The van der Waals surface area contributed by atoms with Gasteiger partial charge < -0.3 is 15.4 Å². The number of benzene rings is 2. The first kappa shape index (κ1) is 21.1. The first-order chi connectivity index (χ1) is 13.2. The molecule has 0 saturated carbocycles. The molecule has 1 atom stereocenters. The van der Waals surface area contributed by atoms with Crippen molar-refractivity contribution >= 4 is 40.7 Å². The van der Waals surface area contributed by atoms with Gasteiger partial charge in [-0.2, -0.15) is 0 Å². The number of aliphatic hydroxyl groups excluding tert-OH is 1. The van der Waals surface area contributed by atoms with Gasteiger partial charge in [0.2, 0.25) is 0 Å². The van der Waals surface area contributed by atoms with Crippen molar-refractivity contribution < 1.29 is 5.11 Å². The summed E-state index contributed by atoms with van der Waals surface area (Å²) in [7, 11) is 0. The van der Waals surface area contributed by atoms with Gasteiger partial charge in [0.25, 0.3) is 0 Å². The molecule has 0 aliphatic carbocycles. The smallest absolute Gasteiger partial charge is 0.138 e. The lowest BCUT2D eigenvalue weighted by molar-refractivity contribution is 0.183. The second-order valence-corrected chi connectivity index (χ2v) is 8.96. The van der Waals surface area contributed by atoms with E-state index in [1.807, 2.05) is 36.4 Å². The molecular formula is C21H23Cl2N3OS. The van der Waals surface area contributed by atoms with Gasteiger partial charge >= 0.3 is 0 Å². The highest BCUT2D eigenvalue weighted by Crippen LogP contribution is 2.38. The molecule has 1 unspecified atom stereocenters. The minimum absolute atomic E-state index is 0.197. The highest BCUT2D eigenvalue weighted by atomic mass is 35.5. The summed E-state index contributed by atoms with van der Waals surface area (Å²) in [6, 6.07) is 13.2. The second-order valence-electron chi connectivity index (χ2n) is 7.03. The van der Waals surface area contributed by atoms with Crippen LogP contribution in [0.4, 0.5) is 5.69 Å². The van der Waals surface area contributed by atoms with E-state index in [1.54, 1.807) is 24.8 Å². The number of anilines is 1. The van der Waals surface area contributed by atoms with E-state index in [0.717, 1.165) is 26.9 Å². The van der Waals surface area contributed by atoms with Crippen molar-refractivity contribution in [3.63, 3.8) is 0 Å². The molecule has 0 radical (unpaired) electrons. The molecular weight excluding hydrogens is 413 g/mol. The highest BCUT2D eigenvalue weighted by molar-refractivity contribution is 7.99. The number of imidazole rings is 1.